The van der Waals surface area contributed by atoms with Crippen molar-refractivity contribution in [1.29, 1.82) is 0 Å². The van der Waals surface area contributed by atoms with Gasteiger partial charge in [0.05, 0.1) is 0 Å². The largest absolute Gasteiger partial charge is 0.549 e. The van der Waals surface area contributed by atoms with Crippen LogP contribution in [0, 0.1) is 0 Å². The topological polar surface area (TPSA) is 26.3 Å². The third kappa shape index (κ3) is 3.88. The molecule has 1 unspecified atom stereocenters. The van der Waals surface area contributed by atoms with Gasteiger partial charge in [-0.05, 0) is 23.5 Å². The van der Waals surface area contributed by atoms with Crippen LogP contribution in [-0.2, 0) is 15.5 Å². The third-order valence-corrected chi connectivity index (χ3v) is 3.51. The molecule has 3 heteroatoms. The molecule has 1 atom stereocenters. The molecule has 0 amide bonds. The second kappa shape index (κ2) is 7.32. The van der Waals surface area contributed by atoms with Gasteiger partial charge in [-0.15, -0.1) is 11.1 Å². The van der Waals surface area contributed by atoms with Gasteiger partial charge >= 0.3 is 8.03 Å². The van der Waals surface area contributed by atoms with E-state index in [1.807, 2.05) is 30.3 Å². The Balaban J connectivity index is 2.69. The van der Waals surface area contributed by atoms with E-state index in [-0.39, 0.29) is 0 Å². The summed E-state index contributed by atoms with van der Waals surface area (Å²) in [6.45, 7) is 6.35. The number of hydrogen-bond donors (Lipinski definition) is 0. The van der Waals surface area contributed by atoms with Crippen LogP contribution < -0.4 is 5.30 Å². The van der Waals surface area contributed by atoms with E-state index in [4.69, 9.17) is 4.52 Å². The summed E-state index contributed by atoms with van der Waals surface area (Å²) in [7, 11) is -1.72. The Hall–Kier alpha value is -0.980. The van der Waals surface area contributed by atoms with Crippen molar-refractivity contribution in [2.24, 2.45) is 0 Å². The highest BCUT2D eigenvalue weighted by atomic mass is 31.1. The molecule has 0 aromatic heterocycles. The van der Waals surface area contributed by atoms with Gasteiger partial charge < -0.3 is 0 Å². The van der Waals surface area contributed by atoms with Crippen LogP contribution in [0.2, 0.25) is 0 Å². The number of rotatable bonds is 7. The molecule has 16 heavy (non-hydrogen) atoms. The van der Waals surface area contributed by atoms with Gasteiger partial charge in [0.2, 0.25) is 5.30 Å². The van der Waals surface area contributed by atoms with Crippen molar-refractivity contribution < 1.29 is 9.09 Å². The van der Waals surface area contributed by atoms with E-state index >= 15 is 0 Å². The molecule has 2 nitrogen and oxygen atoms in total. The smallest absolute Gasteiger partial charge is 0.142 e. The summed E-state index contributed by atoms with van der Waals surface area (Å²) in [5.41, 5.74) is 1.04. The maximum Gasteiger partial charge on any atom is 0.549 e. The molecule has 0 bridgehead atoms. The molecule has 0 aliphatic carbocycles. The minimum Gasteiger partial charge on any atom is -0.142 e. The molecule has 0 radical (unpaired) electrons. The molecular formula is C13H18O2P+. The molecule has 1 rings (SSSR count). The number of allylic oxidation sites excluding steroid dienone is 1. The highest BCUT2D eigenvalue weighted by Crippen LogP contribution is 2.24. The first kappa shape index (κ1) is 13.1. The number of benzene rings is 1. The molecule has 1 aromatic carbocycles. The molecule has 0 saturated carbocycles. The summed E-state index contributed by atoms with van der Waals surface area (Å²) in [5, 5.41) is 0.800. The molecule has 0 aliphatic heterocycles. The Bertz CT molecular complexity index is 361. The first-order valence-corrected chi connectivity index (χ1v) is 6.76. The lowest BCUT2D eigenvalue weighted by Crippen LogP contribution is -2.06. The lowest BCUT2D eigenvalue weighted by atomic mass is 10.1. The Morgan fingerprint density at radius 2 is 2.19 bits per heavy atom. The van der Waals surface area contributed by atoms with Crippen LogP contribution in [0.3, 0.4) is 0 Å². The average Bonchev–Trinajstić information content (AvgIpc) is 2.30. The van der Waals surface area contributed by atoms with E-state index in [1.54, 1.807) is 0 Å². The quantitative estimate of drug-likeness (QED) is 0.411. The molecule has 86 valence electrons. The van der Waals surface area contributed by atoms with E-state index in [0.717, 1.165) is 30.1 Å². The summed E-state index contributed by atoms with van der Waals surface area (Å²) in [5.74, 6) is 0. The fourth-order valence-corrected chi connectivity index (χ4v) is 2.42. The Morgan fingerprint density at radius 3 is 2.88 bits per heavy atom. The number of hydrogen-bond acceptors (Lipinski definition) is 2. The summed E-state index contributed by atoms with van der Waals surface area (Å²) in [6, 6.07) is 7.66. The summed E-state index contributed by atoms with van der Waals surface area (Å²) in [4.78, 5) is 0. The van der Waals surface area contributed by atoms with Gasteiger partial charge in [-0.3, -0.25) is 0 Å². The monoisotopic (exact) mass is 237 g/mol. The SMILES string of the molecule is C=CCc1ccccc1[P+](=O)OCCCC. The highest BCUT2D eigenvalue weighted by molar-refractivity contribution is 7.48. The Kier molecular flexibility index (Phi) is 5.99. The van der Waals surface area contributed by atoms with Crippen molar-refractivity contribution in [3.63, 3.8) is 0 Å². The van der Waals surface area contributed by atoms with Gasteiger partial charge in [0.15, 0.2) is 0 Å². The van der Waals surface area contributed by atoms with Crippen LogP contribution in [-0.4, -0.2) is 6.61 Å². The first-order chi connectivity index (χ1) is 7.79. The molecular weight excluding hydrogens is 219 g/mol. The van der Waals surface area contributed by atoms with E-state index in [0.29, 0.717) is 6.61 Å². The van der Waals surface area contributed by atoms with Crippen LogP contribution in [0.1, 0.15) is 25.3 Å². The molecule has 0 fully saturated rings. The summed E-state index contributed by atoms with van der Waals surface area (Å²) < 4.78 is 17.2. The maximum absolute atomic E-state index is 11.9. The minimum absolute atomic E-state index is 0.564. The molecule has 0 N–H and O–H groups in total. The first-order valence-electron chi connectivity index (χ1n) is 5.58. The highest BCUT2D eigenvalue weighted by Gasteiger charge is 2.24. The summed E-state index contributed by atoms with van der Waals surface area (Å²) in [6.07, 6.45) is 4.55. The van der Waals surface area contributed by atoms with Crippen molar-refractivity contribution in [3.05, 3.63) is 42.5 Å². The van der Waals surface area contributed by atoms with Crippen molar-refractivity contribution in [1.82, 2.24) is 0 Å². The van der Waals surface area contributed by atoms with E-state index in [9.17, 15) is 4.57 Å². The standard InChI is InChI=1S/C13H18O2P/c1-3-5-11-15-16(14)13-10-7-6-9-12(13)8-4-2/h4,6-7,9-10H,2-3,5,8,11H2,1H3/q+1. The van der Waals surface area contributed by atoms with Crippen molar-refractivity contribution in [3.8, 4) is 0 Å². The maximum atomic E-state index is 11.9. The van der Waals surface area contributed by atoms with Crippen LogP contribution in [0.25, 0.3) is 0 Å². The van der Waals surface area contributed by atoms with Crippen molar-refractivity contribution in [2.45, 2.75) is 26.2 Å². The van der Waals surface area contributed by atoms with Crippen LogP contribution in [0.5, 0.6) is 0 Å². The van der Waals surface area contributed by atoms with Gasteiger partial charge in [-0.25, -0.2) is 0 Å². The van der Waals surface area contributed by atoms with Gasteiger partial charge in [-0.2, -0.15) is 0 Å². The normalized spacial score (nSPS) is 11.2. The van der Waals surface area contributed by atoms with E-state index < -0.39 is 8.03 Å². The minimum atomic E-state index is -1.72. The zero-order chi connectivity index (χ0) is 11.8. The molecule has 1 aromatic rings. The van der Waals surface area contributed by atoms with Crippen LogP contribution in [0.15, 0.2) is 36.9 Å². The van der Waals surface area contributed by atoms with E-state index in [2.05, 4.69) is 13.5 Å². The molecule has 0 aliphatic rings. The second-order valence-electron chi connectivity index (χ2n) is 3.57. The molecule has 0 saturated heterocycles. The molecule has 0 spiro atoms. The predicted molar refractivity (Wildman–Crippen MR) is 68.4 cm³/mol. The van der Waals surface area contributed by atoms with Crippen molar-refractivity contribution in [2.75, 3.05) is 6.61 Å². The molecule has 0 heterocycles. The Morgan fingerprint density at radius 1 is 1.44 bits per heavy atom. The zero-order valence-corrected chi connectivity index (χ0v) is 10.6. The second-order valence-corrected chi connectivity index (χ2v) is 4.82. The zero-order valence-electron chi connectivity index (χ0n) is 9.69. The fraction of sp³-hybridized carbons (Fsp3) is 0.385. The van der Waals surface area contributed by atoms with Gasteiger partial charge in [-0.1, -0.05) is 37.6 Å². The van der Waals surface area contributed by atoms with Gasteiger partial charge in [0.1, 0.15) is 6.61 Å². The number of unbranched alkanes of at least 4 members (excludes halogenated alkanes) is 1. The van der Waals surface area contributed by atoms with Crippen LogP contribution >= 0.6 is 8.03 Å². The van der Waals surface area contributed by atoms with Gasteiger partial charge in [0, 0.05) is 5.56 Å². The average molecular weight is 237 g/mol. The summed E-state index contributed by atoms with van der Waals surface area (Å²) >= 11 is 0. The van der Waals surface area contributed by atoms with Gasteiger partial charge in [0.25, 0.3) is 0 Å². The van der Waals surface area contributed by atoms with Crippen molar-refractivity contribution >= 4 is 13.3 Å². The lowest BCUT2D eigenvalue weighted by molar-refractivity contribution is 0.326. The lowest BCUT2D eigenvalue weighted by Gasteiger charge is -1.97. The van der Waals surface area contributed by atoms with E-state index in [1.165, 1.54) is 0 Å². The fourth-order valence-electron chi connectivity index (χ4n) is 1.38. The Labute approximate surface area is 98.2 Å². The van der Waals surface area contributed by atoms with Crippen LogP contribution in [0.4, 0.5) is 0 Å². The third-order valence-electron chi connectivity index (χ3n) is 2.26. The predicted octanol–water partition coefficient (Wildman–Crippen LogP) is 3.60.